The number of amides is 1. The first-order valence-corrected chi connectivity index (χ1v) is 12.0. The number of rotatable bonds is 10. The van der Waals surface area contributed by atoms with Crippen molar-refractivity contribution in [3.63, 3.8) is 0 Å². The molecule has 36 heavy (non-hydrogen) atoms. The lowest BCUT2D eigenvalue weighted by atomic mass is 10.1. The molecule has 1 saturated heterocycles. The molecular weight excluding hydrogens is 460 g/mol. The van der Waals surface area contributed by atoms with Gasteiger partial charge in [0, 0.05) is 38.5 Å². The normalized spacial score (nSPS) is 16.2. The highest BCUT2D eigenvalue weighted by Gasteiger charge is 2.26. The summed E-state index contributed by atoms with van der Waals surface area (Å²) < 4.78 is 12.6. The SMILES string of the molecule is COCCOc1ccc(Nc2nc(N)c3ncn(C4CCCN(C(=O)C=CCN(C)C)C4)c3n2)cc1. The maximum absolute atomic E-state index is 12.7. The molecule has 3 aromatic rings. The van der Waals surface area contributed by atoms with Crippen LogP contribution >= 0.6 is 0 Å². The average molecular weight is 495 g/mol. The number of benzene rings is 1. The fourth-order valence-corrected chi connectivity index (χ4v) is 4.12. The van der Waals surface area contributed by atoms with Gasteiger partial charge in [-0.1, -0.05) is 6.08 Å². The monoisotopic (exact) mass is 494 g/mol. The molecule has 2 aromatic heterocycles. The zero-order valence-electron chi connectivity index (χ0n) is 21.1. The van der Waals surface area contributed by atoms with Crippen molar-refractivity contribution in [2.75, 3.05) is 65.1 Å². The van der Waals surface area contributed by atoms with E-state index in [1.807, 2.05) is 58.8 Å². The first-order chi connectivity index (χ1) is 17.4. The summed E-state index contributed by atoms with van der Waals surface area (Å²) in [6.45, 7) is 3.07. The summed E-state index contributed by atoms with van der Waals surface area (Å²) in [4.78, 5) is 30.2. The number of carbonyl (C=O) groups excluding carboxylic acids is 1. The number of fused-ring (bicyclic) bond motifs is 1. The fraction of sp³-hybridized carbons (Fsp3) is 0.440. The predicted octanol–water partition coefficient (Wildman–Crippen LogP) is 2.46. The molecule has 1 amide bonds. The van der Waals surface area contributed by atoms with E-state index in [9.17, 15) is 4.79 Å². The molecule has 0 aliphatic carbocycles. The Kier molecular flexibility index (Phi) is 8.34. The Morgan fingerprint density at radius 1 is 1.25 bits per heavy atom. The molecule has 3 N–H and O–H groups in total. The number of methoxy groups -OCH3 is 1. The standard InChI is InChI=1S/C25H34N8O3/c1-31(2)12-5-7-21(34)32-13-4-6-19(16-32)33-17-27-22-23(26)29-25(30-24(22)33)28-18-8-10-20(11-9-18)36-15-14-35-3/h5,7-11,17,19H,4,6,12-16H2,1-3H3,(H3,26,28,29,30). The third-order valence-electron chi connectivity index (χ3n) is 5.95. The molecule has 1 atom stereocenters. The number of likely N-dealkylation sites (N-methyl/N-ethyl adjacent to an activating group) is 1. The number of hydrogen-bond donors (Lipinski definition) is 2. The van der Waals surface area contributed by atoms with Crippen LogP contribution < -0.4 is 15.8 Å². The van der Waals surface area contributed by atoms with Gasteiger partial charge in [-0.25, -0.2) is 4.98 Å². The van der Waals surface area contributed by atoms with Crippen LogP contribution in [0.25, 0.3) is 11.2 Å². The lowest BCUT2D eigenvalue weighted by molar-refractivity contribution is -0.127. The Hall–Kier alpha value is -3.70. The molecule has 1 aromatic carbocycles. The summed E-state index contributed by atoms with van der Waals surface area (Å²) in [7, 11) is 5.58. The van der Waals surface area contributed by atoms with Gasteiger partial charge in [0.2, 0.25) is 11.9 Å². The molecule has 0 spiro atoms. The van der Waals surface area contributed by atoms with Gasteiger partial charge in [0.25, 0.3) is 0 Å². The first-order valence-electron chi connectivity index (χ1n) is 12.0. The molecule has 4 rings (SSSR count). The topological polar surface area (TPSA) is 124 Å². The van der Waals surface area contributed by atoms with Crippen LogP contribution in [0.1, 0.15) is 18.9 Å². The minimum atomic E-state index is 0.0251. The van der Waals surface area contributed by atoms with Crippen molar-refractivity contribution in [3.8, 4) is 5.75 Å². The Balaban J connectivity index is 1.48. The molecule has 1 aliphatic rings. The largest absolute Gasteiger partial charge is 0.491 e. The second kappa shape index (κ2) is 11.8. The van der Waals surface area contributed by atoms with Crippen LogP contribution in [0.3, 0.4) is 0 Å². The quantitative estimate of drug-likeness (QED) is 0.323. The molecule has 0 bridgehead atoms. The first kappa shape index (κ1) is 25.4. The van der Waals surface area contributed by atoms with Crippen LogP contribution in [0, 0.1) is 0 Å². The van der Waals surface area contributed by atoms with Crippen LogP contribution in [0.5, 0.6) is 5.75 Å². The Morgan fingerprint density at radius 3 is 2.81 bits per heavy atom. The van der Waals surface area contributed by atoms with Gasteiger partial charge in [0.05, 0.1) is 19.0 Å². The second-order valence-electron chi connectivity index (χ2n) is 8.99. The van der Waals surface area contributed by atoms with E-state index in [1.165, 1.54) is 0 Å². The summed E-state index contributed by atoms with van der Waals surface area (Å²) >= 11 is 0. The minimum absolute atomic E-state index is 0.0251. The van der Waals surface area contributed by atoms with Crippen molar-refractivity contribution in [3.05, 3.63) is 42.7 Å². The van der Waals surface area contributed by atoms with Crippen LogP contribution in [0.15, 0.2) is 42.7 Å². The summed E-state index contributed by atoms with van der Waals surface area (Å²) in [5, 5.41) is 3.21. The van der Waals surface area contributed by atoms with E-state index >= 15 is 0 Å². The lowest BCUT2D eigenvalue weighted by Gasteiger charge is -2.33. The number of anilines is 3. The second-order valence-corrected chi connectivity index (χ2v) is 8.99. The van der Waals surface area contributed by atoms with Gasteiger partial charge in [0.1, 0.15) is 17.9 Å². The van der Waals surface area contributed by atoms with Gasteiger partial charge in [-0.2, -0.15) is 9.97 Å². The minimum Gasteiger partial charge on any atom is -0.491 e. The zero-order valence-corrected chi connectivity index (χ0v) is 21.1. The molecule has 3 heterocycles. The molecule has 192 valence electrons. The highest BCUT2D eigenvalue weighted by molar-refractivity contribution is 5.88. The van der Waals surface area contributed by atoms with Gasteiger partial charge in [-0.15, -0.1) is 0 Å². The van der Waals surface area contributed by atoms with E-state index in [0.29, 0.717) is 42.7 Å². The number of aromatic nitrogens is 4. The van der Waals surface area contributed by atoms with Gasteiger partial charge < -0.3 is 34.9 Å². The average Bonchev–Trinajstić information content (AvgIpc) is 3.30. The number of ether oxygens (including phenoxy) is 2. The molecule has 1 unspecified atom stereocenters. The maximum atomic E-state index is 12.7. The van der Waals surface area contributed by atoms with Gasteiger partial charge in [-0.05, 0) is 51.2 Å². The molecule has 1 fully saturated rings. The van der Waals surface area contributed by atoms with Crippen molar-refractivity contribution < 1.29 is 14.3 Å². The Bertz CT molecular complexity index is 1190. The fourth-order valence-electron chi connectivity index (χ4n) is 4.12. The highest BCUT2D eigenvalue weighted by Crippen LogP contribution is 2.28. The summed E-state index contributed by atoms with van der Waals surface area (Å²) in [5.41, 5.74) is 8.23. The maximum Gasteiger partial charge on any atom is 0.246 e. The number of nitrogen functional groups attached to an aromatic ring is 1. The number of piperidine rings is 1. The van der Waals surface area contributed by atoms with Gasteiger partial charge in [-0.3, -0.25) is 4.79 Å². The van der Waals surface area contributed by atoms with Crippen LogP contribution in [0.4, 0.5) is 17.5 Å². The van der Waals surface area contributed by atoms with Crippen molar-refractivity contribution in [1.82, 2.24) is 29.3 Å². The summed E-state index contributed by atoms with van der Waals surface area (Å²) in [6.07, 6.45) is 7.12. The van der Waals surface area contributed by atoms with Crippen LogP contribution in [-0.2, 0) is 9.53 Å². The molecule has 0 saturated carbocycles. The number of likely N-dealkylation sites (tertiary alicyclic amines) is 1. The van der Waals surface area contributed by atoms with E-state index in [-0.39, 0.29) is 11.9 Å². The lowest BCUT2D eigenvalue weighted by Crippen LogP contribution is -2.39. The van der Waals surface area contributed by atoms with Crippen molar-refractivity contribution in [1.29, 1.82) is 0 Å². The smallest absolute Gasteiger partial charge is 0.246 e. The van der Waals surface area contributed by atoms with Gasteiger partial charge >= 0.3 is 0 Å². The van der Waals surface area contributed by atoms with E-state index in [2.05, 4.69) is 15.3 Å². The van der Waals surface area contributed by atoms with Crippen molar-refractivity contribution in [2.45, 2.75) is 18.9 Å². The summed E-state index contributed by atoms with van der Waals surface area (Å²) in [6, 6.07) is 7.56. The molecular formula is C25H34N8O3. The third-order valence-corrected chi connectivity index (χ3v) is 5.95. The van der Waals surface area contributed by atoms with Crippen LogP contribution in [0.2, 0.25) is 0 Å². The van der Waals surface area contributed by atoms with E-state index < -0.39 is 0 Å². The van der Waals surface area contributed by atoms with Crippen molar-refractivity contribution >= 4 is 34.5 Å². The molecule has 11 nitrogen and oxygen atoms in total. The number of imidazole rings is 1. The number of nitrogens with two attached hydrogens (primary N) is 1. The molecule has 11 heteroatoms. The third kappa shape index (κ3) is 6.29. The van der Waals surface area contributed by atoms with E-state index in [4.69, 9.17) is 20.2 Å². The van der Waals surface area contributed by atoms with Crippen LogP contribution in [-0.4, -0.2) is 89.3 Å². The molecule has 0 radical (unpaired) electrons. The Labute approximate surface area is 210 Å². The number of carbonyl (C=O) groups is 1. The van der Waals surface area contributed by atoms with Gasteiger partial charge in [0.15, 0.2) is 11.5 Å². The predicted molar refractivity (Wildman–Crippen MR) is 139 cm³/mol. The van der Waals surface area contributed by atoms with Crippen molar-refractivity contribution in [2.24, 2.45) is 0 Å². The number of hydrogen-bond acceptors (Lipinski definition) is 9. The highest BCUT2D eigenvalue weighted by atomic mass is 16.5. The van der Waals surface area contributed by atoms with E-state index in [0.717, 1.165) is 37.4 Å². The number of nitrogens with zero attached hydrogens (tertiary/aromatic N) is 6. The zero-order chi connectivity index (χ0) is 25.5. The summed E-state index contributed by atoms with van der Waals surface area (Å²) in [5.74, 6) is 1.46. The number of nitrogens with one attached hydrogen (secondary N) is 1. The molecule has 1 aliphatic heterocycles. The van der Waals surface area contributed by atoms with E-state index in [1.54, 1.807) is 19.5 Å². The Morgan fingerprint density at radius 2 is 2.06 bits per heavy atom.